The van der Waals surface area contributed by atoms with Crippen LogP contribution in [0.2, 0.25) is 0 Å². The van der Waals surface area contributed by atoms with Crippen LogP contribution in [0.5, 0.6) is 0 Å². The number of hydrogen-bond acceptors (Lipinski definition) is 5. The highest BCUT2D eigenvalue weighted by atomic mass is 16.5. The third kappa shape index (κ3) is 4.75. The van der Waals surface area contributed by atoms with Gasteiger partial charge in [0.2, 0.25) is 0 Å². The van der Waals surface area contributed by atoms with Crippen LogP contribution in [0.25, 0.3) is 0 Å². The monoisotopic (exact) mass is 311 g/mol. The molecule has 3 rings (SSSR count). The zero-order chi connectivity index (χ0) is 15.9. The summed E-state index contributed by atoms with van der Waals surface area (Å²) in [6.45, 7) is 5.50. The fraction of sp³-hybridized carbons (Fsp3) is 0.353. The lowest BCUT2D eigenvalue weighted by Gasteiger charge is -2.21. The Morgan fingerprint density at radius 2 is 2.00 bits per heavy atom. The fourth-order valence-corrected chi connectivity index (χ4v) is 2.57. The molecule has 0 aromatic carbocycles. The van der Waals surface area contributed by atoms with Gasteiger partial charge < -0.3 is 9.09 Å². The van der Waals surface area contributed by atoms with E-state index in [-0.39, 0.29) is 0 Å². The molecule has 6 nitrogen and oxygen atoms in total. The summed E-state index contributed by atoms with van der Waals surface area (Å²) < 4.78 is 7.47. The number of aryl methyl sites for hydroxylation is 2. The molecule has 6 heteroatoms. The summed E-state index contributed by atoms with van der Waals surface area (Å²) in [5.74, 6) is 0.902. The van der Waals surface area contributed by atoms with Gasteiger partial charge in [-0.25, -0.2) is 4.98 Å². The molecular weight excluding hydrogens is 290 g/mol. The predicted octanol–water partition coefficient (Wildman–Crippen LogP) is 2.67. The Morgan fingerprint density at radius 3 is 2.70 bits per heavy atom. The van der Waals surface area contributed by atoms with Crippen molar-refractivity contribution in [2.75, 3.05) is 6.54 Å². The van der Waals surface area contributed by atoms with Crippen molar-refractivity contribution in [3.63, 3.8) is 0 Å². The summed E-state index contributed by atoms with van der Waals surface area (Å²) in [6.07, 6.45) is 10.4. The minimum atomic E-state index is 0.757. The maximum Gasteiger partial charge on any atom is 0.150 e. The van der Waals surface area contributed by atoms with Crippen molar-refractivity contribution in [3.05, 3.63) is 66.3 Å². The minimum absolute atomic E-state index is 0.757. The lowest BCUT2D eigenvalue weighted by molar-refractivity contribution is 0.217. The van der Waals surface area contributed by atoms with Crippen molar-refractivity contribution in [2.24, 2.45) is 0 Å². The lowest BCUT2D eigenvalue weighted by Crippen LogP contribution is -2.24. The van der Waals surface area contributed by atoms with Gasteiger partial charge >= 0.3 is 0 Å². The molecule has 0 unspecified atom stereocenters. The van der Waals surface area contributed by atoms with Crippen LogP contribution in [0.1, 0.15) is 23.4 Å². The molecule has 0 aliphatic rings. The Kier molecular flexibility index (Phi) is 5.16. The summed E-state index contributed by atoms with van der Waals surface area (Å²) in [4.78, 5) is 10.5. The van der Waals surface area contributed by atoms with Gasteiger partial charge in [0.1, 0.15) is 0 Å². The van der Waals surface area contributed by atoms with E-state index < -0.39 is 0 Å². The molecule has 23 heavy (non-hydrogen) atoms. The number of aromatic nitrogens is 4. The third-order valence-corrected chi connectivity index (χ3v) is 3.66. The van der Waals surface area contributed by atoms with Crippen LogP contribution in [0.4, 0.5) is 0 Å². The van der Waals surface area contributed by atoms with Gasteiger partial charge in [0.05, 0.1) is 18.6 Å². The first-order valence-corrected chi connectivity index (χ1v) is 7.79. The predicted molar refractivity (Wildman–Crippen MR) is 86.4 cm³/mol. The molecule has 0 atom stereocenters. The van der Waals surface area contributed by atoms with Crippen LogP contribution in [-0.2, 0) is 19.6 Å². The van der Waals surface area contributed by atoms with E-state index in [2.05, 4.69) is 36.7 Å². The number of hydrogen-bond donors (Lipinski definition) is 0. The Morgan fingerprint density at radius 1 is 1.13 bits per heavy atom. The highest BCUT2D eigenvalue weighted by Crippen LogP contribution is 2.11. The summed E-state index contributed by atoms with van der Waals surface area (Å²) in [7, 11) is 0. The highest BCUT2D eigenvalue weighted by molar-refractivity contribution is 5.10. The van der Waals surface area contributed by atoms with Gasteiger partial charge in [0, 0.05) is 50.5 Å². The molecule has 0 aliphatic heterocycles. The van der Waals surface area contributed by atoms with Crippen molar-refractivity contribution in [3.8, 4) is 0 Å². The first-order chi connectivity index (χ1) is 11.3. The van der Waals surface area contributed by atoms with Crippen LogP contribution >= 0.6 is 0 Å². The van der Waals surface area contributed by atoms with E-state index >= 15 is 0 Å². The van der Waals surface area contributed by atoms with Crippen LogP contribution in [-0.4, -0.2) is 31.1 Å². The normalized spacial score (nSPS) is 11.2. The zero-order valence-corrected chi connectivity index (χ0v) is 13.3. The van der Waals surface area contributed by atoms with E-state index in [1.165, 1.54) is 5.56 Å². The molecule has 0 saturated heterocycles. The Labute approximate surface area is 135 Å². The van der Waals surface area contributed by atoms with E-state index in [0.29, 0.717) is 0 Å². The third-order valence-electron chi connectivity index (χ3n) is 3.66. The Bertz CT molecular complexity index is 693. The molecule has 3 heterocycles. The molecule has 3 aromatic heterocycles. The first kappa shape index (κ1) is 15.4. The number of nitrogens with zero attached hydrogens (tertiary/aromatic N) is 5. The van der Waals surface area contributed by atoms with Gasteiger partial charge in [0.25, 0.3) is 0 Å². The van der Waals surface area contributed by atoms with Crippen LogP contribution in [0.15, 0.2) is 53.8 Å². The molecule has 3 aromatic rings. The van der Waals surface area contributed by atoms with Crippen molar-refractivity contribution in [2.45, 2.75) is 33.0 Å². The van der Waals surface area contributed by atoms with Crippen LogP contribution in [0, 0.1) is 6.92 Å². The smallest absolute Gasteiger partial charge is 0.150 e. The molecule has 0 N–H and O–H groups in total. The number of imidazole rings is 1. The first-order valence-electron chi connectivity index (χ1n) is 7.79. The Hall–Kier alpha value is -2.47. The second kappa shape index (κ2) is 7.69. The van der Waals surface area contributed by atoms with E-state index in [4.69, 9.17) is 4.52 Å². The van der Waals surface area contributed by atoms with Crippen molar-refractivity contribution < 1.29 is 4.52 Å². The van der Waals surface area contributed by atoms with Crippen molar-refractivity contribution in [1.82, 2.24) is 24.6 Å². The topological polar surface area (TPSA) is 60.0 Å². The largest absolute Gasteiger partial charge is 0.360 e. The summed E-state index contributed by atoms with van der Waals surface area (Å²) in [6, 6.07) is 6.10. The Balaban J connectivity index is 1.60. The average molecular weight is 311 g/mol. The van der Waals surface area contributed by atoms with E-state index in [9.17, 15) is 0 Å². The van der Waals surface area contributed by atoms with Gasteiger partial charge in [-0.3, -0.25) is 9.88 Å². The average Bonchev–Trinajstić information content (AvgIpc) is 3.20. The van der Waals surface area contributed by atoms with Crippen molar-refractivity contribution >= 4 is 0 Å². The second-order valence-corrected chi connectivity index (χ2v) is 5.65. The number of pyridine rings is 1. The molecule has 0 radical (unpaired) electrons. The van der Waals surface area contributed by atoms with E-state index in [0.717, 1.165) is 44.1 Å². The summed E-state index contributed by atoms with van der Waals surface area (Å²) >= 11 is 0. The minimum Gasteiger partial charge on any atom is -0.360 e. The molecule has 0 bridgehead atoms. The van der Waals surface area contributed by atoms with Gasteiger partial charge in [-0.2, -0.15) is 0 Å². The maximum absolute atomic E-state index is 5.37. The SMILES string of the molecule is Cc1cc(CN(CCCn2ccnc2)Cc2ccncc2)on1. The van der Waals surface area contributed by atoms with E-state index in [1.807, 2.05) is 44.1 Å². The van der Waals surface area contributed by atoms with E-state index in [1.54, 1.807) is 0 Å². The quantitative estimate of drug-likeness (QED) is 0.640. The van der Waals surface area contributed by atoms with Gasteiger partial charge in [-0.1, -0.05) is 5.16 Å². The number of rotatable bonds is 8. The molecule has 120 valence electrons. The molecule has 0 fully saturated rings. The zero-order valence-electron chi connectivity index (χ0n) is 13.3. The summed E-state index contributed by atoms with van der Waals surface area (Å²) in [5, 5.41) is 3.97. The fourth-order valence-electron chi connectivity index (χ4n) is 2.57. The van der Waals surface area contributed by atoms with Gasteiger partial charge in [-0.15, -0.1) is 0 Å². The molecule has 0 amide bonds. The van der Waals surface area contributed by atoms with Crippen LogP contribution in [0.3, 0.4) is 0 Å². The maximum atomic E-state index is 5.37. The molecule has 0 spiro atoms. The standard InChI is InChI=1S/C17H21N5O/c1-15-11-17(23-20-15)13-22(12-16-3-5-18-6-4-16)9-2-8-21-10-7-19-14-21/h3-7,10-11,14H,2,8-9,12-13H2,1H3. The van der Waals surface area contributed by atoms with Gasteiger partial charge in [0.15, 0.2) is 5.76 Å². The summed E-state index contributed by atoms with van der Waals surface area (Å²) in [5.41, 5.74) is 2.17. The highest BCUT2D eigenvalue weighted by Gasteiger charge is 2.10. The van der Waals surface area contributed by atoms with Gasteiger partial charge in [-0.05, 0) is 31.0 Å². The lowest BCUT2D eigenvalue weighted by atomic mass is 10.2. The van der Waals surface area contributed by atoms with Crippen LogP contribution < -0.4 is 0 Å². The molecular formula is C17H21N5O. The molecule has 0 aliphatic carbocycles. The molecule has 0 saturated carbocycles. The second-order valence-electron chi connectivity index (χ2n) is 5.65. The van der Waals surface area contributed by atoms with Crippen molar-refractivity contribution in [1.29, 1.82) is 0 Å².